The molecule has 0 aliphatic rings. The molecule has 0 heterocycles. The molecule has 0 fully saturated rings. The third-order valence-corrected chi connectivity index (χ3v) is 3.74. The van der Waals surface area contributed by atoms with Crippen molar-refractivity contribution < 1.29 is 14.3 Å². The fourth-order valence-electron chi connectivity index (χ4n) is 2.32. The van der Waals surface area contributed by atoms with Crippen molar-refractivity contribution in [3.8, 4) is 23.3 Å². The molecule has 3 aromatic carbocycles. The Morgan fingerprint density at radius 3 is 2.21 bits per heavy atom. The lowest BCUT2D eigenvalue weighted by atomic mass is 10.2. The van der Waals surface area contributed by atoms with Crippen molar-refractivity contribution >= 4 is 11.8 Å². The van der Waals surface area contributed by atoms with Crippen LogP contribution < -0.4 is 15.8 Å². The first-order valence-corrected chi connectivity index (χ1v) is 8.76. The van der Waals surface area contributed by atoms with Crippen LogP contribution in [0.4, 0.5) is 10.5 Å². The second-order valence-electron chi connectivity index (χ2n) is 5.91. The highest BCUT2D eigenvalue weighted by Crippen LogP contribution is 2.22. The molecule has 0 spiro atoms. The first-order valence-electron chi connectivity index (χ1n) is 8.76. The van der Waals surface area contributed by atoms with E-state index in [4.69, 9.17) is 15.2 Å². The van der Waals surface area contributed by atoms with Gasteiger partial charge in [0, 0.05) is 11.3 Å². The molecule has 0 bridgehead atoms. The van der Waals surface area contributed by atoms with Crippen molar-refractivity contribution in [2.75, 3.05) is 12.3 Å². The summed E-state index contributed by atoms with van der Waals surface area (Å²) >= 11 is 0. The quantitative estimate of drug-likeness (QED) is 0.516. The van der Waals surface area contributed by atoms with Crippen LogP contribution in [0.2, 0.25) is 0 Å². The van der Waals surface area contributed by atoms with Crippen LogP contribution >= 0.6 is 0 Å². The van der Waals surface area contributed by atoms with Crippen LogP contribution in [0, 0.1) is 11.8 Å². The first-order chi connectivity index (χ1) is 13.7. The number of carbonyl (C=O) groups is 1. The van der Waals surface area contributed by atoms with Gasteiger partial charge in [0.1, 0.15) is 18.1 Å². The third-order valence-electron chi connectivity index (χ3n) is 3.74. The Hall–Kier alpha value is -3.91. The van der Waals surface area contributed by atoms with Crippen molar-refractivity contribution in [1.82, 2.24) is 5.32 Å². The fourth-order valence-corrected chi connectivity index (χ4v) is 2.32. The van der Waals surface area contributed by atoms with Gasteiger partial charge in [-0.25, -0.2) is 4.79 Å². The maximum Gasteiger partial charge on any atom is 0.408 e. The smallest absolute Gasteiger partial charge is 0.408 e. The van der Waals surface area contributed by atoms with E-state index in [9.17, 15) is 4.79 Å². The van der Waals surface area contributed by atoms with Gasteiger partial charge in [0.25, 0.3) is 0 Å². The summed E-state index contributed by atoms with van der Waals surface area (Å²) in [6.45, 7) is 0.437. The monoisotopic (exact) mass is 372 g/mol. The van der Waals surface area contributed by atoms with Crippen LogP contribution in [0.25, 0.3) is 0 Å². The second kappa shape index (κ2) is 9.70. The number of carbonyl (C=O) groups excluding carboxylic acids is 1. The summed E-state index contributed by atoms with van der Waals surface area (Å²) in [6, 6.07) is 24.1. The molecule has 0 aliphatic carbocycles. The maximum absolute atomic E-state index is 11.6. The molecule has 0 atom stereocenters. The molecule has 28 heavy (non-hydrogen) atoms. The Balaban J connectivity index is 1.42. The molecule has 3 N–H and O–H groups in total. The number of anilines is 1. The average molecular weight is 372 g/mol. The van der Waals surface area contributed by atoms with Gasteiger partial charge in [0.2, 0.25) is 0 Å². The van der Waals surface area contributed by atoms with Gasteiger partial charge in [-0.2, -0.15) is 0 Å². The summed E-state index contributed by atoms with van der Waals surface area (Å²) in [6.07, 6.45) is -0.495. The largest absolute Gasteiger partial charge is 0.457 e. The van der Waals surface area contributed by atoms with Crippen molar-refractivity contribution in [2.24, 2.45) is 0 Å². The summed E-state index contributed by atoms with van der Waals surface area (Å²) in [4.78, 5) is 11.6. The minimum absolute atomic E-state index is 0.206. The van der Waals surface area contributed by atoms with E-state index in [0.717, 1.165) is 11.1 Å². The number of amides is 1. The zero-order valence-electron chi connectivity index (χ0n) is 15.2. The van der Waals surface area contributed by atoms with Crippen molar-refractivity contribution in [3.05, 3.63) is 90.0 Å². The number of nitrogen functional groups attached to an aromatic ring is 1. The molecule has 0 radical (unpaired) electrons. The summed E-state index contributed by atoms with van der Waals surface area (Å²) in [5, 5.41) is 2.60. The molecule has 0 saturated carbocycles. The van der Waals surface area contributed by atoms with E-state index in [0.29, 0.717) is 17.2 Å². The van der Waals surface area contributed by atoms with Crippen LogP contribution in [0.15, 0.2) is 78.9 Å². The first kappa shape index (κ1) is 18.9. The molecule has 140 valence electrons. The molecule has 5 heteroatoms. The molecular formula is C23H20N2O3. The Labute approximate surface area is 164 Å². The minimum Gasteiger partial charge on any atom is -0.457 e. The van der Waals surface area contributed by atoms with Crippen molar-refractivity contribution in [2.45, 2.75) is 6.61 Å². The maximum atomic E-state index is 11.6. The Kier molecular flexibility index (Phi) is 6.53. The van der Waals surface area contributed by atoms with E-state index < -0.39 is 6.09 Å². The Bertz CT molecular complexity index is 957. The SMILES string of the molecule is Nc1ccc(Oc2ccc(C#CCNC(=O)OCc3ccccc3)cc2)cc1. The molecule has 0 aliphatic heterocycles. The zero-order chi connectivity index (χ0) is 19.6. The number of alkyl carbamates (subject to hydrolysis) is 1. The van der Waals surface area contributed by atoms with E-state index in [-0.39, 0.29) is 13.2 Å². The van der Waals surface area contributed by atoms with Crippen molar-refractivity contribution in [1.29, 1.82) is 0 Å². The lowest BCUT2D eigenvalue weighted by Gasteiger charge is -2.05. The number of hydrogen-bond acceptors (Lipinski definition) is 4. The van der Waals surface area contributed by atoms with Gasteiger partial charge in [-0.15, -0.1) is 0 Å². The highest BCUT2D eigenvalue weighted by molar-refractivity contribution is 5.67. The van der Waals surface area contributed by atoms with Crippen LogP contribution in [0.3, 0.4) is 0 Å². The van der Waals surface area contributed by atoms with Gasteiger partial charge in [0.05, 0.1) is 6.54 Å². The summed E-state index contributed by atoms with van der Waals surface area (Å²) < 4.78 is 10.8. The zero-order valence-corrected chi connectivity index (χ0v) is 15.2. The molecule has 0 unspecified atom stereocenters. The lowest BCUT2D eigenvalue weighted by Crippen LogP contribution is -2.24. The molecule has 3 rings (SSSR count). The molecular weight excluding hydrogens is 352 g/mol. The molecule has 0 aromatic heterocycles. The molecule has 5 nitrogen and oxygen atoms in total. The Morgan fingerprint density at radius 2 is 1.54 bits per heavy atom. The highest BCUT2D eigenvalue weighted by atomic mass is 16.5. The predicted octanol–water partition coefficient (Wildman–Crippen LogP) is 4.34. The van der Waals surface area contributed by atoms with Gasteiger partial charge in [-0.05, 0) is 54.1 Å². The Morgan fingerprint density at radius 1 is 0.893 bits per heavy atom. The van der Waals surface area contributed by atoms with Crippen LogP contribution in [-0.2, 0) is 11.3 Å². The number of nitrogens with one attached hydrogen (secondary N) is 1. The number of rotatable bonds is 5. The van der Waals surface area contributed by atoms with Gasteiger partial charge < -0.3 is 20.5 Å². The van der Waals surface area contributed by atoms with Gasteiger partial charge in [-0.1, -0.05) is 42.2 Å². The van der Waals surface area contributed by atoms with Crippen LogP contribution in [0.5, 0.6) is 11.5 Å². The van der Waals surface area contributed by atoms with Crippen LogP contribution in [-0.4, -0.2) is 12.6 Å². The third kappa shape index (κ3) is 6.11. The van der Waals surface area contributed by atoms with E-state index >= 15 is 0 Å². The number of hydrogen-bond donors (Lipinski definition) is 2. The standard InChI is InChI=1S/C23H20N2O3/c24-20-10-14-22(15-11-20)28-21-12-8-18(9-13-21)7-4-16-25-23(26)27-17-19-5-2-1-3-6-19/h1-3,5-6,8-15H,16-17,24H2,(H,25,26). The van der Waals surface area contributed by atoms with E-state index in [1.54, 1.807) is 12.1 Å². The van der Waals surface area contributed by atoms with Gasteiger partial charge in [0.15, 0.2) is 0 Å². The van der Waals surface area contributed by atoms with Crippen LogP contribution in [0.1, 0.15) is 11.1 Å². The van der Waals surface area contributed by atoms with Crippen molar-refractivity contribution in [3.63, 3.8) is 0 Å². The number of benzene rings is 3. The number of ether oxygens (including phenoxy) is 2. The predicted molar refractivity (Wildman–Crippen MR) is 109 cm³/mol. The second-order valence-corrected chi connectivity index (χ2v) is 5.91. The van der Waals surface area contributed by atoms with E-state index in [1.165, 1.54) is 0 Å². The summed E-state index contributed by atoms with van der Waals surface area (Å²) in [7, 11) is 0. The van der Waals surface area contributed by atoms with E-state index in [1.807, 2.05) is 66.7 Å². The fraction of sp³-hybridized carbons (Fsp3) is 0.0870. The molecule has 3 aromatic rings. The summed E-state index contributed by atoms with van der Waals surface area (Å²) in [5.41, 5.74) is 8.10. The summed E-state index contributed by atoms with van der Waals surface area (Å²) in [5.74, 6) is 7.29. The van der Waals surface area contributed by atoms with E-state index in [2.05, 4.69) is 17.2 Å². The average Bonchev–Trinajstić information content (AvgIpc) is 2.73. The van der Waals surface area contributed by atoms with Gasteiger partial charge in [-0.3, -0.25) is 0 Å². The molecule has 1 amide bonds. The normalized spacial score (nSPS) is 9.71. The van der Waals surface area contributed by atoms with Gasteiger partial charge >= 0.3 is 6.09 Å². The highest BCUT2D eigenvalue weighted by Gasteiger charge is 2.00. The number of nitrogens with two attached hydrogens (primary N) is 1. The topological polar surface area (TPSA) is 73.6 Å². The molecule has 0 saturated heterocycles. The lowest BCUT2D eigenvalue weighted by molar-refractivity contribution is 0.141. The minimum atomic E-state index is -0.495.